The van der Waals surface area contributed by atoms with E-state index in [1.54, 1.807) is 0 Å². The van der Waals surface area contributed by atoms with Crippen LogP contribution >= 0.6 is 12.2 Å². The van der Waals surface area contributed by atoms with E-state index in [1.807, 2.05) is 6.08 Å². The number of ketones is 1. The molecule has 5 atom stereocenters. The summed E-state index contributed by atoms with van der Waals surface area (Å²) in [5.41, 5.74) is 3.44. The van der Waals surface area contributed by atoms with Crippen LogP contribution in [-0.4, -0.2) is 10.6 Å². The van der Waals surface area contributed by atoms with Gasteiger partial charge >= 0.3 is 0 Å². The minimum atomic E-state index is 0.250. The van der Waals surface area contributed by atoms with Gasteiger partial charge in [0.15, 0.2) is 5.78 Å². The predicted octanol–water partition coefficient (Wildman–Crippen LogP) is 6.11. The summed E-state index contributed by atoms with van der Waals surface area (Å²) in [6.07, 6.45) is 12.4. The van der Waals surface area contributed by atoms with Gasteiger partial charge in [-0.3, -0.25) is 4.79 Å². The van der Waals surface area contributed by atoms with Crippen molar-refractivity contribution >= 4 is 22.9 Å². The first-order valence-electron chi connectivity index (χ1n) is 10.8. The number of carbonyl (C=O) groups excluding carboxylic acids is 1. The third kappa shape index (κ3) is 2.63. The van der Waals surface area contributed by atoms with Crippen LogP contribution in [0.4, 0.5) is 0 Å². The van der Waals surface area contributed by atoms with Crippen LogP contribution < -0.4 is 0 Å². The largest absolute Gasteiger partial charge is 0.295 e. The summed E-state index contributed by atoms with van der Waals surface area (Å²) in [5.74, 6) is 2.65. The molecule has 0 radical (unpaired) electrons. The van der Waals surface area contributed by atoms with Crippen LogP contribution in [0.1, 0.15) is 63.9 Å². The summed E-state index contributed by atoms with van der Waals surface area (Å²) in [7, 11) is 0. The van der Waals surface area contributed by atoms with Gasteiger partial charge in [-0.15, -0.1) is 0 Å². The minimum Gasteiger partial charge on any atom is -0.295 e. The highest BCUT2D eigenvalue weighted by Crippen LogP contribution is 2.65. The molecule has 4 aliphatic carbocycles. The first-order valence-corrected chi connectivity index (χ1v) is 11.2. The minimum absolute atomic E-state index is 0.250. The number of thiocarbonyl (C=S) groups is 1. The van der Waals surface area contributed by atoms with E-state index >= 15 is 0 Å². The van der Waals surface area contributed by atoms with E-state index in [-0.39, 0.29) is 10.8 Å². The van der Waals surface area contributed by atoms with E-state index in [0.717, 1.165) is 49.9 Å². The standard InChI is InChI=1S/C25H30OS/c1-24-13-11-19(26)15-18(24)7-8-20-21(24)12-14-25(22(20)9-10-23(25)27)16-17-5-3-2-4-6-17/h2-6,15,20-22H,7-14,16H2,1H3/t20-,21+,22+,24+,25-/m1/s1. The lowest BCUT2D eigenvalue weighted by atomic mass is 9.46. The molecule has 27 heavy (non-hydrogen) atoms. The highest BCUT2D eigenvalue weighted by Gasteiger charge is 2.59. The first-order chi connectivity index (χ1) is 13.0. The Hall–Kier alpha value is -1.28. The summed E-state index contributed by atoms with van der Waals surface area (Å²) in [6, 6.07) is 11.0. The van der Waals surface area contributed by atoms with Crippen molar-refractivity contribution in [3.63, 3.8) is 0 Å². The first kappa shape index (κ1) is 17.8. The van der Waals surface area contributed by atoms with Crippen LogP contribution in [0.25, 0.3) is 0 Å². The summed E-state index contributed by atoms with van der Waals surface area (Å²) >= 11 is 6.02. The van der Waals surface area contributed by atoms with Gasteiger partial charge in [-0.05, 0) is 91.0 Å². The van der Waals surface area contributed by atoms with Crippen molar-refractivity contribution in [1.29, 1.82) is 0 Å². The number of rotatable bonds is 2. The van der Waals surface area contributed by atoms with Gasteiger partial charge in [0, 0.05) is 11.8 Å². The molecular weight excluding hydrogens is 348 g/mol. The third-order valence-corrected chi connectivity index (χ3v) is 9.38. The number of hydrogen-bond donors (Lipinski definition) is 0. The van der Waals surface area contributed by atoms with E-state index in [0.29, 0.717) is 5.78 Å². The zero-order valence-electron chi connectivity index (χ0n) is 16.4. The molecule has 0 aromatic heterocycles. The lowest BCUT2D eigenvalue weighted by Crippen LogP contribution is -2.52. The molecule has 0 heterocycles. The predicted molar refractivity (Wildman–Crippen MR) is 114 cm³/mol. The summed E-state index contributed by atoms with van der Waals surface area (Å²) in [6.45, 7) is 2.47. The van der Waals surface area contributed by atoms with Gasteiger partial charge in [0.25, 0.3) is 0 Å². The molecule has 0 amide bonds. The lowest BCUT2D eigenvalue weighted by Gasteiger charge is -2.58. The molecule has 1 aromatic rings. The molecular formula is C25H30OS. The quantitative estimate of drug-likeness (QED) is 0.577. The molecule has 0 aliphatic heterocycles. The van der Waals surface area contributed by atoms with E-state index in [4.69, 9.17) is 12.2 Å². The number of carbonyl (C=O) groups is 1. The monoisotopic (exact) mass is 378 g/mol. The molecule has 3 fully saturated rings. The molecule has 1 nitrogen and oxygen atoms in total. The Balaban J connectivity index is 1.49. The molecule has 0 bridgehead atoms. The summed E-state index contributed by atoms with van der Waals surface area (Å²) in [4.78, 5) is 13.4. The molecule has 3 saturated carbocycles. The van der Waals surface area contributed by atoms with E-state index in [2.05, 4.69) is 37.3 Å². The van der Waals surface area contributed by atoms with Crippen LogP contribution in [0.15, 0.2) is 42.0 Å². The number of fused-ring (bicyclic) bond motifs is 5. The third-order valence-electron chi connectivity index (χ3n) is 8.77. The van der Waals surface area contributed by atoms with Gasteiger partial charge in [-0.2, -0.15) is 0 Å². The maximum Gasteiger partial charge on any atom is 0.155 e. The van der Waals surface area contributed by atoms with Crippen molar-refractivity contribution in [1.82, 2.24) is 0 Å². The Morgan fingerprint density at radius 3 is 2.63 bits per heavy atom. The fourth-order valence-corrected chi connectivity index (χ4v) is 7.87. The number of allylic oxidation sites excluding steroid dienone is 1. The average Bonchev–Trinajstić information content (AvgIpc) is 3.00. The molecule has 1 aromatic carbocycles. The van der Waals surface area contributed by atoms with Crippen molar-refractivity contribution in [3.05, 3.63) is 47.5 Å². The van der Waals surface area contributed by atoms with Crippen molar-refractivity contribution in [3.8, 4) is 0 Å². The molecule has 4 aliphatic rings. The van der Waals surface area contributed by atoms with E-state index < -0.39 is 0 Å². The van der Waals surface area contributed by atoms with Crippen molar-refractivity contribution in [2.24, 2.45) is 28.6 Å². The molecule has 0 saturated heterocycles. The molecule has 0 unspecified atom stereocenters. The number of benzene rings is 1. The second-order valence-electron chi connectivity index (χ2n) is 9.79. The van der Waals surface area contributed by atoms with Gasteiger partial charge in [-0.1, -0.05) is 55.0 Å². The van der Waals surface area contributed by atoms with Crippen molar-refractivity contribution in [2.75, 3.05) is 0 Å². The zero-order chi connectivity index (χ0) is 18.6. The van der Waals surface area contributed by atoms with Crippen molar-refractivity contribution < 1.29 is 4.79 Å². The summed E-state index contributed by atoms with van der Waals surface area (Å²) < 4.78 is 0. The average molecular weight is 379 g/mol. The Labute approximate surface area is 168 Å². The molecule has 5 rings (SSSR count). The van der Waals surface area contributed by atoms with Crippen LogP contribution in [0, 0.1) is 28.6 Å². The summed E-state index contributed by atoms with van der Waals surface area (Å²) in [5, 5.41) is 0. The van der Waals surface area contributed by atoms with Crippen LogP contribution in [0.3, 0.4) is 0 Å². The van der Waals surface area contributed by atoms with Gasteiger partial charge < -0.3 is 0 Å². The molecule has 2 heteroatoms. The van der Waals surface area contributed by atoms with Gasteiger partial charge in [0.1, 0.15) is 0 Å². The Morgan fingerprint density at radius 1 is 1.00 bits per heavy atom. The molecule has 0 spiro atoms. The smallest absolute Gasteiger partial charge is 0.155 e. The normalized spacial score (nSPS) is 40.8. The fourth-order valence-electron chi connectivity index (χ4n) is 7.42. The fraction of sp³-hybridized carbons (Fsp3) is 0.600. The van der Waals surface area contributed by atoms with Gasteiger partial charge in [0.2, 0.25) is 0 Å². The van der Waals surface area contributed by atoms with Crippen LogP contribution in [0.5, 0.6) is 0 Å². The molecule has 0 N–H and O–H groups in total. The maximum atomic E-state index is 12.0. The van der Waals surface area contributed by atoms with Crippen LogP contribution in [-0.2, 0) is 11.2 Å². The van der Waals surface area contributed by atoms with Crippen LogP contribution in [0.2, 0.25) is 0 Å². The topological polar surface area (TPSA) is 17.1 Å². The lowest BCUT2D eigenvalue weighted by molar-refractivity contribution is -0.117. The second-order valence-corrected chi connectivity index (χ2v) is 10.3. The highest BCUT2D eigenvalue weighted by atomic mass is 32.1. The van der Waals surface area contributed by atoms with Gasteiger partial charge in [-0.25, -0.2) is 0 Å². The second kappa shape index (κ2) is 6.37. The highest BCUT2D eigenvalue weighted by molar-refractivity contribution is 7.80. The Kier molecular flexibility index (Phi) is 4.20. The molecule has 142 valence electrons. The van der Waals surface area contributed by atoms with Crippen molar-refractivity contribution in [2.45, 2.75) is 64.7 Å². The van der Waals surface area contributed by atoms with Gasteiger partial charge in [0.05, 0.1) is 0 Å². The van der Waals surface area contributed by atoms with E-state index in [9.17, 15) is 4.79 Å². The number of hydrogen-bond acceptors (Lipinski definition) is 2. The SMILES string of the molecule is C[C@]12CCC(=O)C=C1CC[C@H]1[C@@H]3CCC(=S)[C@@]3(Cc3ccccc3)CC[C@@H]12. The Bertz CT molecular complexity index is 809. The Morgan fingerprint density at radius 2 is 1.81 bits per heavy atom. The maximum absolute atomic E-state index is 12.0. The van der Waals surface area contributed by atoms with E-state index in [1.165, 1.54) is 41.7 Å². The zero-order valence-corrected chi connectivity index (χ0v) is 17.2.